The fraction of sp³-hybridized carbons (Fsp3) is 0.188. The maximum atomic E-state index is 14.6. The zero-order valence-corrected chi connectivity index (χ0v) is 12.5. The summed E-state index contributed by atoms with van der Waals surface area (Å²) in [5, 5.41) is 13.8. The number of hydrogen-bond acceptors (Lipinski definition) is 5. The molecule has 0 aromatic carbocycles. The van der Waals surface area contributed by atoms with E-state index >= 15 is 0 Å². The average molecular weight is 312 g/mol. The molecule has 0 fully saturated rings. The van der Waals surface area contributed by atoms with Crippen LogP contribution in [0.25, 0.3) is 5.52 Å². The number of aliphatic imine (C=N–C) groups is 1. The molecule has 6 nitrogen and oxygen atoms in total. The van der Waals surface area contributed by atoms with E-state index in [1.54, 1.807) is 19.1 Å². The second-order valence-electron chi connectivity index (χ2n) is 5.44. The Morgan fingerprint density at radius 2 is 2.17 bits per heavy atom. The van der Waals surface area contributed by atoms with Gasteiger partial charge in [0.05, 0.1) is 11.9 Å². The summed E-state index contributed by atoms with van der Waals surface area (Å²) in [5.74, 6) is -0.0860. The third-order valence-electron chi connectivity index (χ3n) is 3.88. The van der Waals surface area contributed by atoms with Crippen molar-refractivity contribution < 1.29 is 14.2 Å². The molecule has 1 aliphatic heterocycles. The molecule has 2 aromatic rings. The molecule has 2 aliphatic rings. The minimum absolute atomic E-state index is 0.0792. The number of allylic oxidation sites excluding steroid dienone is 5. The zero-order valence-electron chi connectivity index (χ0n) is 12.5. The van der Waals surface area contributed by atoms with E-state index in [-0.39, 0.29) is 17.4 Å². The van der Waals surface area contributed by atoms with Crippen LogP contribution in [-0.4, -0.2) is 25.4 Å². The van der Waals surface area contributed by atoms with Crippen LogP contribution in [0.5, 0.6) is 11.6 Å². The van der Waals surface area contributed by atoms with Crippen molar-refractivity contribution in [2.75, 3.05) is 0 Å². The summed E-state index contributed by atoms with van der Waals surface area (Å²) in [6, 6.07) is 0. The molecular formula is C16H13FN4O2. The smallest absolute Gasteiger partial charge is 0.247 e. The maximum absolute atomic E-state index is 14.6. The molecule has 0 radical (unpaired) electrons. The van der Waals surface area contributed by atoms with Crippen LogP contribution in [0.1, 0.15) is 18.9 Å². The first-order valence-corrected chi connectivity index (χ1v) is 7.11. The number of aryl methyl sites for hydroxylation is 1. The van der Waals surface area contributed by atoms with Gasteiger partial charge in [-0.3, -0.25) is 4.99 Å². The van der Waals surface area contributed by atoms with E-state index in [4.69, 9.17) is 4.74 Å². The lowest BCUT2D eigenvalue weighted by molar-refractivity contribution is 0.386. The summed E-state index contributed by atoms with van der Waals surface area (Å²) in [4.78, 5) is 8.36. The first-order valence-electron chi connectivity index (χ1n) is 7.11. The number of aromatic hydroxyl groups is 1. The Morgan fingerprint density at radius 3 is 3.00 bits per heavy atom. The molecule has 2 aromatic heterocycles. The van der Waals surface area contributed by atoms with E-state index in [1.807, 2.05) is 6.92 Å². The number of nitrogens with zero attached hydrogens (tertiary/aromatic N) is 4. The molecule has 7 heteroatoms. The Hall–Kier alpha value is -2.96. The Balaban J connectivity index is 1.77. The van der Waals surface area contributed by atoms with Crippen LogP contribution in [-0.2, 0) is 0 Å². The minimum Gasteiger partial charge on any atom is -0.506 e. The molecule has 4 rings (SSSR count). The van der Waals surface area contributed by atoms with Gasteiger partial charge in [0.25, 0.3) is 0 Å². The molecule has 23 heavy (non-hydrogen) atoms. The second kappa shape index (κ2) is 4.77. The number of aromatic nitrogens is 3. The van der Waals surface area contributed by atoms with Crippen molar-refractivity contribution in [3.8, 4) is 11.6 Å². The summed E-state index contributed by atoms with van der Waals surface area (Å²) in [7, 11) is 0. The third-order valence-corrected chi connectivity index (χ3v) is 3.88. The van der Waals surface area contributed by atoms with E-state index in [0.29, 0.717) is 28.8 Å². The normalized spacial score (nSPS) is 17.1. The van der Waals surface area contributed by atoms with Crippen molar-refractivity contribution in [3.05, 3.63) is 53.1 Å². The molecule has 0 amide bonds. The molecule has 1 N–H and O–H groups in total. The molecule has 0 spiro atoms. The summed E-state index contributed by atoms with van der Waals surface area (Å²) < 4.78 is 21.8. The van der Waals surface area contributed by atoms with Crippen LogP contribution in [0, 0.1) is 6.92 Å². The van der Waals surface area contributed by atoms with Gasteiger partial charge in [-0.15, -0.1) is 0 Å². The van der Waals surface area contributed by atoms with Crippen molar-refractivity contribution in [2.45, 2.75) is 20.3 Å². The van der Waals surface area contributed by atoms with Crippen molar-refractivity contribution in [2.24, 2.45) is 4.99 Å². The second-order valence-corrected chi connectivity index (χ2v) is 5.44. The van der Waals surface area contributed by atoms with Crippen LogP contribution in [0.2, 0.25) is 0 Å². The monoisotopic (exact) mass is 312 g/mol. The molecule has 1 aliphatic carbocycles. The lowest BCUT2D eigenvalue weighted by Gasteiger charge is -2.14. The quantitative estimate of drug-likeness (QED) is 0.925. The van der Waals surface area contributed by atoms with E-state index in [0.717, 1.165) is 5.70 Å². The van der Waals surface area contributed by atoms with E-state index in [1.165, 1.54) is 17.0 Å². The van der Waals surface area contributed by atoms with Gasteiger partial charge >= 0.3 is 0 Å². The first kappa shape index (κ1) is 13.7. The Morgan fingerprint density at radius 1 is 1.35 bits per heavy atom. The summed E-state index contributed by atoms with van der Waals surface area (Å²) >= 11 is 0. The van der Waals surface area contributed by atoms with E-state index < -0.39 is 5.83 Å². The Labute approximate surface area is 130 Å². The molecule has 0 saturated heterocycles. The maximum Gasteiger partial charge on any atom is 0.247 e. The number of hydrogen-bond donors (Lipinski definition) is 1. The fourth-order valence-electron chi connectivity index (χ4n) is 2.74. The van der Waals surface area contributed by atoms with Gasteiger partial charge in [-0.05, 0) is 26.0 Å². The highest BCUT2D eigenvalue weighted by molar-refractivity contribution is 6.08. The van der Waals surface area contributed by atoms with Crippen molar-refractivity contribution in [1.29, 1.82) is 0 Å². The summed E-state index contributed by atoms with van der Waals surface area (Å²) in [6.07, 6.45) is 6.59. The third kappa shape index (κ3) is 2.04. The van der Waals surface area contributed by atoms with E-state index in [2.05, 4.69) is 15.1 Å². The van der Waals surface area contributed by atoms with Crippen LogP contribution < -0.4 is 4.74 Å². The molecule has 116 valence electrons. The Bertz CT molecular complexity index is 966. The van der Waals surface area contributed by atoms with Crippen molar-refractivity contribution in [1.82, 2.24) is 14.6 Å². The van der Waals surface area contributed by atoms with Gasteiger partial charge in [0.2, 0.25) is 5.88 Å². The van der Waals surface area contributed by atoms with Crippen molar-refractivity contribution >= 4 is 11.2 Å². The molecule has 0 unspecified atom stereocenters. The van der Waals surface area contributed by atoms with Crippen LogP contribution in [0.4, 0.5) is 4.39 Å². The topological polar surface area (TPSA) is 72.0 Å². The zero-order chi connectivity index (χ0) is 16.1. The standard InChI is InChI=1S/C16H13FN4O2/c1-8-5-10-11(20-8)3-4-13(14(10)17)23-16-15-9(2)12(22)6-21(15)19-7-18-16/h4-7,22H,3H2,1-2H3. The first-order chi connectivity index (χ1) is 11.0. The van der Waals surface area contributed by atoms with Gasteiger partial charge < -0.3 is 9.84 Å². The summed E-state index contributed by atoms with van der Waals surface area (Å²) in [6.45, 7) is 3.55. The molecule has 0 atom stereocenters. The Kier molecular flexibility index (Phi) is 2.84. The predicted octanol–water partition coefficient (Wildman–Crippen LogP) is 2.99. The van der Waals surface area contributed by atoms with Gasteiger partial charge in [0.15, 0.2) is 11.6 Å². The summed E-state index contributed by atoms with van der Waals surface area (Å²) in [5.41, 5.74) is 3.01. The molecule has 0 saturated carbocycles. The van der Waals surface area contributed by atoms with Gasteiger partial charge in [0, 0.05) is 23.3 Å². The van der Waals surface area contributed by atoms with Crippen LogP contribution >= 0.6 is 0 Å². The average Bonchev–Trinajstić information content (AvgIpc) is 3.04. The molecule has 3 heterocycles. The fourth-order valence-corrected chi connectivity index (χ4v) is 2.74. The molecule has 0 bridgehead atoms. The van der Waals surface area contributed by atoms with Gasteiger partial charge in [0.1, 0.15) is 17.6 Å². The van der Waals surface area contributed by atoms with Crippen LogP contribution in [0.15, 0.2) is 52.5 Å². The largest absolute Gasteiger partial charge is 0.506 e. The van der Waals surface area contributed by atoms with Gasteiger partial charge in [-0.25, -0.2) is 8.91 Å². The lowest BCUT2D eigenvalue weighted by atomic mass is 10.0. The highest BCUT2D eigenvalue weighted by Crippen LogP contribution is 2.34. The molecular weight excluding hydrogens is 299 g/mol. The van der Waals surface area contributed by atoms with Gasteiger partial charge in [-0.2, -0.15) is 10.1 Å². The SMILES string of the molecule is CC1=CC2=C(F)C(Oc3ncnn4cc(O)c(C)c34)=CCC2=N1. The van der Waals surface area contributed by atoms with Crippen molar-refractivity contribution in [3.63, 3.8) is 0 Å². The lowest BCUT2D eigenvalue weighted by Crippen LogP contribution is -2.11. The highest BCUT2D eigenvalue weighted by atomic mass is 19.1. The van der Waals surface area contributed by atoms with Gasteiger partial charge in [-0.1, -0.05) is 0 Å². The highest BCUT2D eigenvalue weighted by Gasteiger charge is 2.26. The van der Waals surface area contributed by atoms with E-state index in [9.17, 15) is 9.50 Å². The van der Waals surface area contributed by atoms with Crippen LogP contribution in [0.3, 0.4) is 0 Å². The predicted molar refractivity (Wildman–Crippen MR) is 82.0 cm³/mol. The number of ether oxygens (including phenoxy) is 1. The number of halogens is 1. The number of rotatable bonds is 2. The minimum atomic E-state index is -0.461. The number of fused-ring (bicyclic) bond motifs is 2.